The average molecular weight is 187 g/mol. The zero-order valence-electron chi connectivity index (χ0n) is 8.66. The molecule has 0 aromatic heterocycles. The second-order valence-corrected chi connectivity index (χ2v) is 4.86. The lowest BCUT2D eigenvalue weighted by Crippen LogP contribution is -2.27. The lowest BCUT2D eigenvalue weighted by Gasteiger charge is -2.29. The third-order valence-electron chi connectivity index (χ3n) is 3.81. The lowest BCUT2D eigenvalue weighted by molar-refractivity contribution is 0.331. The quantitative estimate of drug-likeness (QED) is 0.656. The molecule has 3 rings (SSSR count). The Kier molecular flexibility index (Phi) is 1.79. The minimum Gasteiger partial charge on any atom is -0.381 e. The SMILES string of the molecule is C[C@H]1CC[C@@H]2Nc3ccccc3C2C1. The van der Waals surface area contributed by atoms with Crippen molar-refractivity contribution >= 4 is 5.69 Å². The van der Waals surface area contributed by atoms with Crippen molar-refractivity contribution in [1.29, 1.82) is 0 Å². The van der Waals surface area contributed by atoms with Crippen LogP contribution in [0, 0.1) is 5.92 Å². The van der Waals surface area contributed by atoms with Crippen molar-refractivity contribution in [3.05, 3.63) is 29.8 Å². The first-order valence-electron chi connectivity index (χ1n) is 5.70. The molecule has 0 saturated heterocycles. The van der Waals surface area contributed by atoms with Gasteiger partial charge >= 0.3 is 0 Å². The summed E-state index contributed by atoms with van der Waals surface area (Å²) in [7, 11) is 0. The van der Waals surface area contributed by atoms with Gasteiger partial charge in [-0.15, -0.1) is 0 Å². The summed E-state index contributed by atoms with van der Waals surface area (Å²) >= 11 is 0. The molecule has 1 N–H and O–H groups in total. The van der Waals surface area contributed by atoms with Crippen LogP contribution >= 0.6 is 0 Å². The molecule has 1 aliphatic heterocycles. The molecule has 74 valence electrons. The van der Waals surface area contributed by atoms with Gasteiger partial charge in [-0.05, 0) is 36.8 Å². The van der Waals surface area contributed by atoms with E-state index in [-0.39, 0.29) is 0 Å². The molecule has 1 heteroatoms. The standard InChI is InChI=1S/C13H17N/c1-9-6-7-13-11(8-9)10-4-2-3-5-12(10)14-13/h2-5,9,11,13-14H,6-8H2,1H3/t9-,11?,13-/m0/s1. The van der Waals surface area contributed by atoms with Crippen LogP contribution in [0.5, 0.6) is 0 Å². The smallest absolute Gasteiger partial charge is 0.0378 e. The van der Waals surface area contributed by atoms with Crippen molar-refractivity contribution in [3.63, 3.8) is 0 Å². The predicted octanol–water partition coefficient (Wildman–Crippen LogP) is 3.38. The number of para-hydroxylation sites is 1. The zero-order chi connectivity index (χ0) is 9.54. The minimum atomic E-state index is 0.726. The topological polar surface area (TPSA) is 12.0 Å². The summed E-state index contributed by atoms with van der Waals surface area (Å²) in [6, 6.07) is 9.54. The molecule has 1 aliphatic carbocycles. The average Bonchev–Trinajstić information content (AvgIpc) is 2.56. The molecule has 1 aromatic carbocycles. The van der Waals surface area contributed by atoms with Gasteiger partial charge in [-0.2, -0.15) is 0 Å². The molecule has 1 heterocycles. The molecule has 1 saturated carbocycles. The number of hydrogen-bond donors (Lipinski definition) is 1. The van der Waals surface area contributed by atoms with Crippen LogP contribution in [0.25, 0.3) is 0 Å². The molecule has 1 aromatic rings. The first kappa shape index (κ1) is 8.34. The highest BCUT2D eigenvalue weighted by molar-refractivity contribution is 5.59. The van der Waals surface area contributed by atoms with Gasteiger partial charge in [0.05, 0.1) is 0 Å². The molecule has 14 heavy (non-hydrogen) atoms. The van der Waals surface area contributed by atoms with Crippen LogP contribution in [0.3, 0.4) is 0 Å². The maximum Gasteiger partial charge on any atom is 0.0378 e. The normalized spacial score (nSPS) is 34.5. The number of benzene rings is 1. The summed E-state index contributed by atoms with van der Waals surface area (Å²) < 4.78 is 0. The highest BCUT2D eigenvalue weighted by Gasteiger charge is 2.35. The van der Waals surface area contributed by atoms with E-state index in [9.17, 15) is 0 Å². The summed E-state index contributed by atoms with van der Waals surface area (Å²) in [6.45, 7) is 2.39. The Morgan fingerprint density at radius 2 is 2.07 bits per heavy atom. The second kappa shape index (κ2) is 3.01. The van der Waals surface area contributed by atoms with E-state index in [1.165, 1.54) is 24.9 Å². The van der Waals surface area contributed by atoms with E-state index in [4.69, 9.17) is 0 Å². The van der Waals surface area contributed by atoms with E-state index in [1.54, 1.807) is 5.56 Å². The van der Waals surface area contributed by atoms with Gasteiger partial charge in [-0.3, -0.25) is 0 Å². The van der Waals surface area contributed by atoms with Gasteiger partial charge in [0, 0.05) is 17.6 Å². The molecule has 0 radical (unpaired) electrons. The highest BCUT2D eigenvalue weighted by atomic mass is 15.0. The van der Waals surface area contributed by atoms with E-state index >= 15 is 0 Å². The molecule has 1 unspecified atom stereocenters. The van der Waals surface area contributed by atoms with Crippen molar-refractivity contribution < 1.29 is 0 Å². The third-order valence-corrected chi connectivity index (χ3v) is 3.81. The fourth-order valence-corrected chi connectivity index (χ4v) is 3.05. The van der Waals surface area contributed by atoms with Crippen LogP contribution in [0.4, 0.5) is 5.69 Å². The minimum absolute atomic E-state index is 0.726. The lowest BCUT2D eigenvalue weighted by atomic mass is 9.77. The van der Waals surface area contributed by atoms with Crippen LogP contribution in [0.15, 0.2) is 24.3 Å². The second-order valence-electron chi connectivity index (χ2n) is 4.86. The Morgan fingerprint density at radius 1 is 1.21 bits per heavy atom. The van der Waals surface area contributed by atoms with Crippen LogP contribution in [-0.4, -0.2) is 6.04 Å². The Morgan fingerprint density at radius 3 is 3.00 bits per heavy atom. The molecule has 3 atom stereocenters. The third kappa shape index (κ3) is 1.15. The van der Waals surface area contributed by atoms with Crippen LogP contribution in [-0.2, 0) is 0 Å². The summed E-state index contributed by atoms with van der Waals surface area (Å²) in [5.74, 6) is 1.69. The van der Waals surface area contributed by atoms with E-state index in [1.807, 2.05) is 0 Å². The summed E-state index contributed by atoms with van der Waals surface area (Å²) in [5.41, 5.74) is 2.95. The van der Waals surface area contributed by atoms with Gasteiger partial charge in [-0.1, -0.05) is 25.1 Å². The first-order valence-corrected chi connectivity index (χ1v) is 5.70. The molecule has 1 nitrogen and oxygen atoms in total. The zero-order valence-corrected chi connectivity index (χ0v) is 8.66. The number of hydrogen-bond acceptors (Lipinski definition) is 1. The Labute approximate surface area is 85.5 Å². The van der Waals surface area contributed by atoms with Crippen molar-refractivity contribution in [2.75, 3.05) is 5.32 Å². The highest BCUT2D eigenvalue weighted by Crippen LogP contribution is 2.45. The predicted molar refractivity (Wildman–Crippen MR) is 59.6 cm³/mol. The Bertz CT molecular complexity index is 345. The molecular formula is C13H17N. The first-order chi connectivity index (χ1) is 6.84. The van der Waals surface area contributed by atoms with Crippen molar-refractivity contribution in [1.82, 2.24) is 0 Å². The molecular weight excluding hydrogens is 170 g/mol. The maximum absolute atomic E-state index is 3.66. The number of fused-ring (bicyclic) bond motifs is 3. The Hall–Kier alpha value is -0.980. The van der Waals surface area contributed by atoms with Gasteiger partial charge in [0.2, 0.25) is 0 Å². The van der Waals surface area contributed by atoms with E-state index in [0.29, 0.717) is 0 Å². The molecule has 2 aliphatic rings. The molecule has 0 bridgehead atoms. The van der Waals surface area contributed by atoms with Gasteiger partial charge in [0.1, 0.15) is 0 Å². The molecule has 0 amide bonds. The summed E-state index contributed by atoms with van der Waals surface area (Å²) in [6.07, 6.45) is 4.11. The number of nitrogens with one attached hydrogen (secondary N) is 1. The number of anilines is 1. The van der Waals surface area contributed by atoms with Crippen molar-refractivity contribution in [3.8, 4) is 0 Å². The summed E-state index contributed by atoms with van der Waals surface area (Å²) in [5, 5.41) is 3.66. The van der Waals surface area contributed by atoms with Crippen LogP contribution < -0.4 is 5.32 Å². The summed E-state index contributed by atoms with van der Waals surface area (Å²) in [4.78, 5) is 0. The van der Waals surface area contributed by atoms with Crippen LogP contribution in [0.1, 0.15) is 37.7 Å². The van der Waals surface area contributed by atoms with Crippen LogP contribution in [0.2, 0.25) is 0 Å². The molecule has 0 spiro atoms. The maximum atomic E-state index is 3.66. The fourth-order valence-electron chi connectivity index (χ4n) is 3.05. The van der Waals surface area contributed by atoms with Gasteiger partial charge in [0.25, 0.3) is 0 Å². The van der Waals surface area contributed by atoms with Crippen molar-refractivity contribution in [2.24, 2.45) is 5.92 Å². The fraction of sp³-hybridized carbons (Fsp3) is 0.538. The Balaban J connectivity index is 1.97. The van der Waals surface area contributed by atoms with E-state index in [0.717, 1.165) is 17.9 Å². The van der Waals surface area contributed by atoms with E-state index < -0.39 is 0 Å². The largest absolute Gasteiger partial charge is 0.381 e. The monoisotopic (exact) mass is 187 g/mol. The number of rotatable bonds is 0. The van der Waals surface area contributed by atoms with Gasteiger partial charge < -0.3 is 5.32 Å². The van der Waals surface area contributed by atoms with E-state index in [2.05, 4.69) is 36.5 Å². The van der Waals surface area contributed by atoms with Gasteiger partial charge in [0.15, 0.2) is 0 Å². The van der Waals surface area contributed by atoms with Gasteiger partial charge in [-0.25, -0.2) is 0 Å². The van der Waals surface area contributed by atoms with Crippen molar-refractivity contribution in [2.45, 2.75) is 38.1 Å². The molecule has 1 fully saturated rings.